The minimum Gasteiger partial charge on any atom is -0.375 e. The molecule has 1 heterocycles. The normalized spacial score (nSPS) is 25.5. The van der Waals surface area contributed by atoms with E-state index in [2.05, 4.69) is 10.6 Å². The van der Waals surface area contributed by atoms with E-state index in [0.29, 0.717) is 18.2 Å². The lowest BCUT2D eigenvalue weighted by molar-refractivity contribution is 0.0597. The monoisotopic (exact) mass is 349 g/mol. The van der Waals surface area contributed by atoms with Crippen LogP contribution in [0.2, 0.25) is 0 Å². The Morgan fingerprint density at radius 2 is 2.04 bits per heavy atom. The van der Waals surface area contributed by atoms with Crippen LogP contribution in [-0.2, 0) is 4.74 Å². The molecule has 0 bridgehead atoms. The van der Waals surface area contributed by atoms with Gasteiger partial charge in [-0.3, -0.25) is 4.79 Å². The van der Waals surface area contributed by atoms with Gasteiger partial charge in [-0.15, -0.1) is 0 Å². The van der Waals surface area contributed by atoms with Crippen LogP contribution in [0.1, 0.15) is 36.5 Å². The van der Waals surface area contributed by atoms with Crippen LogP contribution in [0.4, 0.5) is 14.9 Å². The van der Waals surface area contributed by atoms with Crippen molar-refractivity contribution in [2.75, 3.05) is 26.0 Å². The number of urea groups is 1. The van der Waals surface area contributed by atoms with Crippen molar-refractivity contribution in [1.82, 2.24) is 10.2 Å². The number of nitrogens with one attached hydrogen (secondary N) is 2. The molecule has 1 aliphatic carbocycles. The summed E-state index contributed by atoms with van der Waals surface area (Å²) in [5, 5.41) is 5.69. The molecular formula is C18H24FN3O3. The van der Waals surface area contributed by atoms with Gasteiger partial charge in [-0.05, 0) is 50.3 Å². The molecule has 136 valence electrons. The van der Waals surface area contributed by atoms with Crippen LogP contribution in [0, 0.1) is 11.7 Å². The first-order chi connectivity index (χ1) is 11.8. The predicted molar refractivity (Wildman–Crippen MR) is 92.1 cm³/mol. The molecule has 1 aliphatic heterocycles. The summed E-state index contributed by atoms with van der Waals surface area (Å²) < 4.78 is 19.7. The Labute approximate surface area is 146 Å². The third kappa shape index (κ3) is 3.76. The Balaban J connectivity index is 1.69. The lowest BCUT2D eigenvalue weighted by Gasteiger charge is -2.31. The number of rotatable bonds is 4. The lowest BCUT2D eigenvalue weighted by atomic mass is 9.90. The lowest BCUT2D eigenvalue weighted by Crippen LogP contribution is -2.53. The van der Waals surface area contributed by atoms with Crippen LogP contribution in [0.15, 0.2) is 18.2 Å². The van der Waals surface area contributed by atoms with E-state index in [1.54, 1.807) is 14.1 Å². The molecule has 3 rings (SSSR count). The molecule has 1 aromatic rings. The van der Waals surface area contributed by atoms with E-state index in [9.17, 15) is 14.0 Å². The van der Waals surface area contributed by atoms with Crippen LogP contribution in [0.3, 0.4) is 0 Å². The molecule has 2 aliphatic rings. The van der Waals surface area contributed by atoms with Gasteiger partial charge in [-0.25, -0.2) is 9.18 Å². The van der Waals surface area contributed by atoms with Crippen molar-refractivity contribution in [3.05, 3.63) is 29.6 Å². The quantitative estimate of drug-likeness (QED) is 0.878. The van der Waals surface area contributed by atoms with Gasteiger partial charge in [0.15, 0.2) is 0 Å². The third-order valence-corrected chi connectivity index (χ3v) is 4.86. The van der Waals surface area contributed by atoms with Crippen LogP contribution < -0.4 is 10.6 Å². The average molecular weight is 349 g/mol. The van der Waals surface area contributed by atoms with Crippen molar-refractivity contribution in [3.63, 3.8) is 0 Å². The van der Waals surface area contributed by atoms with Gasteiger partial charge in [-0.1, -0.05) is 0 Å². The maximum atomic E-state index is 13.9. The second kappa shape index (κ2) is 6.63. The first-order valence-electron chi connectivity index (χ1n) is 8.52. The Bertz CT molecular complexity index is 690. The molecule has 2 fully saturated rings. The molecular weight excluding hydrogens is 325 g/mol. The number of halogens is 1. The second-order valence-electron chi connectivity index (χ2n) is 7.27. The first-order valence-corrected chi connectivity index (χ1v) is 8.52. The summed E-state index contributed by atoms with van der Waals surface area (Å²) in [6.07, 6.45) is 3.07. The summed E-state index contributed by atoms with van der Waals surface area (Å²) in [6.45, 7) is 2.63. The van der Waals surface area contributed by atoms with Crippen LogP contribution in [-0.4, -0.2) is 49.2 Å². The van der Waals surface area contributed by atoms with Crippen molar-refractivity contribution in [2.45, 2.75) is 37.8 Å². The van der Waals surface area contributed by atoms with Gasteiger partial charge in [-0.2, -0.15) is 0 Å². The molecule has 25 heavy (non-hydrogen) atoms. The van der Waals surface area contributed by atoms with Gasteiger partial charge < -0.3 is 20.3 Å². The molecule has 0 spiro atoms. The fourth-order valence-corrected chi connectivity index (χ4v) is 3.34. The highest BCUT2D eigenvalue weighted by Crippen LogP contribution is 2.43. The molecule has 1 saturated carbocycles. The highest BCUT2D eigenvalue weighted by molar-refractivity contribution is 5.97. The van der Waals surface area contributed by atoms with Gasteiger partial charge in [0.05, 0.1) is 17.2 Å². The smallest absolute Gasteiger partial charge is 0.319 e. The van der Waals surface area contributed by atoms with E-state index in [1.807, 2.05) is 6.92 Å². The molecule has 0 radical (unpaired) electrons. The molecule has 6 nitrogen and oxygen atoms in total. The predicted octanol–water partition coefficient (Wildman–Crippen LogP) is 2.61. The van der Waals surface area contributed by atoms with E-state index in [1.165, 1.54) is 23.1 Å². The van der Waals surface area contributed by atoms with Crippen molar-refractivity contribution in [2.24, 2.45) is 5.92 Å². The van der Waals surface area contributed by atoms with E-state index in [0.717, 1.165) is 19.3 Å². The molecule has 0 unspecified atom stereocenters. The maximum absolute atomic E-state index is 13.9. The Hall–Kier alpha value is -2.15. The van der Waals surface area contributed by atoms with Crippen molar-refractivity contribution >= 4 is 17.6 Å². The Kier molecular flexibility index (Phi) is 4.69. The minimum atomic E-state index is -0.616. The molecule has 2 atom stereocenters. The molecule has 7 heteroatoms. The van der Waals surface area contributed by atoms with E-state index in [-0.39, 0.29) is 17.7 Å². The molecule has 1 aromatic carbocycles. The highest BCUT2D eigenvalue weighted by Gasteiger charge is 2.49. The Morgan fingerprint density at radius 1 is 1.32 bits per heavy atom. The number of ether oxygens (including phenoxy) is 1. The van der Waals surface area contributed by atoms with E-state index >= 15 is 0 Å². The largest absolute Gasteiger partial charge is 0.375 e. The van der Waals surface area contributed by atoms with Crippen molar-refractivity contribution in [1.29, 1.82) is 0 Å². The van der Waals surface area contributed by atoms with Gasteiger partial charge in [0, 0.05) is 26.4 Å². The number of carbonyl (C=O) groups excluding carboxylic acids is 2. The Morgan fingerprint density at radius 3 is 2.68 bits per heavy atom. The average Bonchev–Trinajstić information content (AvgIpc) is 3.31. The number of carbonyl (C=O) groups is 2. The van der Waals surface area contributed by atoms with Crippen LogP contribution in [0.25, 0.3) is 0 Å². The highest BCUT2D eigenvalue weighted by atomic mass is 19.1. The zero-order valence-electron chi connectivity index (χ0n) is 14.8. The van der Waals surface area contributed by atoms with Gasteiger partial charge in [0.25, 0.3) is 5.91 Å². The van der Waals surface area contributed by atoms with Crippen molar-refractivity contribution < 1.29 is 18.7 Å². The summed E-state index contributed by atoms with van der Waals surface area (Å²) in [5.41, 5.74) is -0.114. The summed E-state index contributed by atoms with van der Waals surface area (Å²) in [4.78, 5) is 25.7. The molecule has 1 saturated heterocycles. The maximum Gasteiger partial charge on any atom is 0.319 e. The minimum absolute atomic E-state index is 0.0392. The molecule has 3 amide bonds. The number of amides is 3. The first kappa shape index (κ1) is 17.7. The summed E-state index contributed by atoms with van der Waals surface area (Å²) in [7, 11) is 3.10. The summed E-state index contributed by atoms with van der Waals surface area (Å²) >= 11 is 0. The fraction of sp³-hybridized carbons (Fsp3) is 0.556. The fourth-order valence-electron chi connectivity index (χ4n) is 3.34. The summed E-state index contributed by atoms with van der Waals surface area (Å²) in [5.74, 6) is -0.552. The van der Waals surface area contributed by atoms with Crippen molar-refractivity contribution in [3.8, 4) is 0 Å². The summed E-state index contributed by atoms with van der Waals surface area (Å²) in [6, 6.07) is 3.59. The standard InChI is InChI=1S/C18H24FN3O3/c1-18(8-9-25-15(18)11-4-5-11)21-17(24)20-12-6-7-14(19)13(10-12)16(23)22(2)3/h6-7,10-11,15H,4-5,8-9H2,1-3H3,(H2,20,21,24)/t15-,18-/m0/s1. The number of anilines is 1. The topological polar surface area (TPSA) is 70.7 Å². The van der Waals surface area contributed by atoms with E-state index < -0.39 is 17.3 Å². The number of hydrogen-bond acceptors (Lipinski definition) is 3. The number of hydrogen-bond donors (Lipinski definition) is 2. The van der Waals surface area contributed by atoms with Gasteiger partial charge in [0.2, 0.25) is 0 Å². The molecule has 0 aromatic heterocycles. The zero-order valence-corrected chi connectivity index (χ0v) is 14.8. The van der Waals surface area contributed by atoms with Crippen LogP contribution >= 0.6 is 0 Å². The zero-order chi connectivity index (χ0) is 18.2. The second-order valence-corrected chi connectivity index (χ2v) is 7.27. The SMILES string of the molecule is CN(C)C(=O)c1cc(NC(=O)N[C@@]2(C)CCO[C@H]2C2CC2)ccc1F. The number of benzene rings is 1. The van der Waals surface area contributed by atoms with Gasteiger partial charge >= 0.3 is 6.03 Å². The number of nitrogens with zero attached hydrogens (tertiary/aromatic N) is 1. The van der Waals surface area contributed by atoms with Crippen LogP contribution in [0.5, 0.6) is 0 Å². The van der Waals surface area contributed by atoms with Gasteiger partial charge in [0.1, 0.15) is 5.82 Å². The third-order valence-electron chi connectivity index (χ3n) is 4.86. The molecule has 2 N–H and O–H groups in total. The van der Waals surface area contributed by atoms with E-state index in [4.69, 9.17) is 4.74 Å².